The molecule has 0 spiro atoms. The van der Waals surface area contributed by atoms with Crippen LogP contribution in [0.4, 0.5) is 4.79 Å². The molecule has 5 heteroatoms. The van der Waals surface area contributed by atoms with E-state index in [9.17, 15) is 4.79 Å². The number of halogens is 1. The average Bonchev–Trinajstić information content (AvgIpc) is 2.05. The van der Waals surface area contributed by atoms with Crippen LogP contribution in [0.15, 0.2) is 0 Å². The van der Waals surface area contributed by atoms with Crippen LogP contribution in [0.5, 0.6) is 0 Å². The van der Waals surface area contributed by atoms with Crippen LogP contribution in [0.25, 0.3) is 0 Å². The number of rotatable bonds is 0. The van der Waals surface area contributed by atoms with E-state index in [-0.39, 0.29) is 6.09 Å². The second-order valence-electron chi connectivity index (χ2n) is 1.94. The third-order valence-corrected chi connectivity index (χ3v) is 1.61. The minimum atomic E-state index is -0.344. The predicted molar refractivity (Wildman–Crippen MR) is 37.8 cm³/mol. The number of carbonyl (C=O) groups excluding carboxylic acids is 1. The highest BCUT2D eigenvalue weighted by atomic mass is 79.9. The Balaban J connectivity index is 2.31. The van der Waals surface area contributed by atoms with E-state index in [0.717, 1.165) is 0 Å². The molecule has 0 atom stereocenters. The molecule has 0 aromatic heterocycles. The largest absolute Gasteiger partial charge is 0.421 e. The molecule has 1 heterocycles. The molecule has 0 aromatic rings. The fourth-order valence-corrected chi connectivity index (χ4v) is 0.999. The Morgan fingerprint density at radius 1 is 1.50 bits per heavy atom. The summed E-state index contributed by atoms with van der Waals surface area (Å²) < 4.78 is 9.36. The van der Waals surface area contributed by atoms with Gasteiger partial charge >= 0.3 is 6.09 Å². The van der Waals surface area contributed by atoms with Crippen molar-refractivity contribution in [1.29, 1.82) is 0 Å². The Morgan fingerprint density at radius 2 is 2.10 bits per heavy atom. The van der Waals surface area contributed by atoms with Crippen molar-refractivity contribution in [1.82, 2.24) is 4.90 Å². The van der Waals surface area contributed by atoms with Crippen LogP contribution in [0, 0.1) is 0 Å². The normalized spacial score (nSPS) is 18.7. The van der Waals surface area contributed by atoms with Crippen molar-refractivity contribution in [2.24, 2.45) is 0 Å². The van der Waals surface area contributed by atoms with Gasteiger partial charge in [-0.3, -0.25) is 0 Å². The number of nitrogens with zero attached hydrogens (tertiary/aromatic N) is 1. The molecular weight excluding hydrogens is 202 g/mol. The Morgan fingerprint density at radius 3 is 2.60 bits per heavy atom. The third-order valence-electron chi connectivity index (χ3n) is 1.34. The van der Waals surface area contributed by atoms with Crippen LogP contribution in [-0.4, -0.2) is 37.3 Å². The Bertz CT molecular complexity index is 124. The zero-order chi connectivity index (χ0) is 7.40. The van der Waals surface area contributed by atoms with Gasteiger partial charge in [0, 0.05) is 13.1 Å². The molecule has 0 aliphatic carbocycles. The second kappa shape index (κ2) is 3.78. The molecule has 0 bridgehead atoms. The van der Waals surface area contributed by atoms with Crippen LogP contribution < -0.4 is 0 Å². The van der Waals surface area contributed by atoms with E-state index in [1.807, 2.05) is 0 Å². The van der Waals surface area contributed by atoms with Gasteiger partial charge in [0.05, 0.1) is 13.2 Å². The zero-order valence-corrected chi connectivity index (χ0v) is 6.96. The highest BCUT2D eigenvalue weighted by Gasteiger charge is 2.16. The maximum atomic E-state index is 10.8. The number of ether oxygens (including phenoxy) is 1. The summed E-state index contributed by atoms with van der Waals surface area (Å²) in [5.74, 6) is 0. The molecular formula is C5H8BrNO3. The second-order valence-corrected chi connectivity index (χ2v) is 2.27. The minimum Gasteiger partial charge on any atom is -0.378 e. The first-order valence-electron chi connectivity index (χ1n) is 3.00. The summed E-state index contributed by atoms with van der Waals surface area (Å²) in [6.45, 7) is 2.43. The average molecular weight is 210 g/mol. The fourth-order valence-electron chi connectivity index (χ4n) is 0.795. The summed E-state index contributed by atoms with van der Waals surface area (Å²) in [6.07, 6.45) is -0.344. The molecule has 1 aliphatic heterocycles. The van der Waals surface area contributed by atoms with Gasteiger partial charge in [0.15, 0.2) is 16.3 Å². The van der Waals surface area contributed by atoms with Crippen LogP contribution in [-0.2, 0) is 8.57 Å². The highest BCUT2D eigenvalue weighted by Crippen LogP contribution is 2.01. The first kappa shape index (κ1) is 7.81. The van der Waals surface area contributed by atoms with Crippen LogP contribution in [0.1, 0.15) is 0 Å². The Hall–Kier alpha value is -0.290. The van der Waals surface area contributed by atoms with Crippen molar-refractivity contribution in [2.75, 3.05) is 26.3 Å². The summed E-state index contributed by atoms with van der Waals surface area (Å²) in [4.78, 5) is 12.3. The lowest BCUT2D eigenvalue weighted by Crippen LogP contribution is -2.39. The first-order valence-corrected chi connectivity index (χ1v) is 3.64. The summed E-state index contributed by atoms with van der Waals surface area (Å²) in [7, 11) is 0. The summed E-state index contributed by atoms with van der Waals surface area (Å²) in [5.41, 5.74) is 0. The van der Waals surface area contributed by atoms with E-state index in [1.165, 1.54) is 0 Å². The Kier molecular flexibility index (Phi) is 2.95. The van der Waals surface area contributed by atoms with Gasteiger partial charge in [0.1, 0.15) is 0 Å². The van der Waals surface area contributed by atoms with Gasteiger partial charge in [0.2, 0.25) is 0 Å². The number of amides is 1. The lowest BCUT2D eigenvalue weighted by molar-refractivity contribution is 0.0442. The van der Waals surface area contributed by atoms with Crippen LogP contribution in [0.3, 0.4) is 0 Å². The van der Waals surface area contributed by atoms with Gasteiger partial charge in [-0.2, -0.15) is 0 Å². The molecule has 0 N–H and O–H groups in total. The highest BCUT2D eigenvalue weighted by molar-refractivity contribution is 9.06. The molecule has 1 saturated heterocycles. The van der Waals surface area contributed by atoms with Crippen molar-refractivity contribution >= 4 is 22.4 Å². The van der Waals surface area contributed by atoms with Crippen molar-refractivity contribution in [3.63, 3.8) is 0 Å². The summed E-state index contributed by atoms with van der Waals surface area (Å²) >= 11 is 2.62. The molecule has 0 saturated carbocycles. The predicted octanol–water partition coefficient (Wildman–Crippen LogP) is 0.765. The quantitative estimate of drug-likeness (QED) is 0.592. The van der Waals surface area contributed by atoms with E-state index in [2.05, 4.69) is 20.1 Å². The van der Waals surface area contributed by atoms with Crippen molar-refractivity contribution in [3.05, 3.63) is 0 Å². The molecule has 10 heavy (non-hydrogen) atoms. The maximum Gasteiger partial charge on any atom is 0.421 e. The SMILES string of the molecule is O=C(OBr)N1CCOCC1. The monoisotopic (exact) mass is 209 g/mol. The molecule has 0 aromatic carbocycles. The van der Waals surface area contributed by atoms with Crippen molar-refractivity contribution in [2.45, 2.75) is 0 Å². The fraction of sp³-hybridized carbons (Fsp3) is 0.800. The molecule has 58 valence electrons. The Labute approximate surface area is 67.5 Å². The molecule has 1 rings (SSSR count). The smallest absolute Gasteiger partial charge is 0.378 e. The van der Waals surface area contributed by atoms with Crippen LogP contribution >= 0.6 is 16.3 Å². The first-order chi connectivity index (χ1) is 4.84. The summed E-state index contributed by atoms with van der Waals surface area (Å²) in [5, 5.41) is 0. The van der Waals surface area contributed by atoms with E-state index < -0.39 is 0 Å². The number of morpholine rings is 1. The van der Waals surface area contributed by atoms with Gasteiger partial charge in [-0.05, 0) is 0 Å². The van der Waals surface area contributed by atoms with Gasteiger partial charge < -0.3 is 13.5 Å². The zero-order valence-electron chi connectivity index (χ0n) is 5.38. The molecule has 0 unspecified atom stereocenters. The van der Waals surface area contributed by atoms with Crippen molar-refractivity contribution < 1.29 is 13.4 Å². The molecule has 0 radical (unpaired) electrons. The van der Waals surface area contributed by atoms with Crippen LogP contribution in [0.2, 0.25) is 0 Å². The summed E-state index contributed by atoms with van der Waals surface area (Å²) in [6, 6.07) is 0. The topological polar surface area (TPSA) is 38.8 Å². The van der Waals surface area contributed by atoms with Gasteiger partial charge in [-0.25, -0.2) is 4.79 Å². The molecule has 4 nitrogen and oxygen atoms in total. The molecule has 1 amide bonds. The maximum absolute atomic E-state index is 10.8. The minimum absolute atomic E-state index is 0.344. The lowest BCUT2D eigenvalue weighted by atomic mass is 10.5. The van der Waals surface area contributed by atoms with E-state index in [1.54, 1.807) is 4.90 Å². The molecule has 1 fully saturated rings. The van der Waals surface area contributed by atoms with Gasteiger partial charge in [0.25, 0.3) is 0 Å². The third kappa shape index (κ3) is 1.85. The standard InChI is InChI=1S/C5H8BrNO3/c6-10-5(8)7-1-3-9-4-2-7/h1-4H2. The van der Waals surface area contributed by atoms with E-state index in [0.29, 0.717) is 26.3 Å². The number of hydrogen-bond acceptors (Lipinski definition) is 3. The number of hydrogen-bond donors (Lipinski definition) is 0. The van der Waals surface area contributed by atoms with Gasteiger partial charge in [-0.1, -0.05) is 0 Å². The van der Waals surface area contributed by atoms with E-state index in [4.69, 9.17) is 4.74 Å². The van der Waals surface area contributed by atoms with E-state index >= 15 is 0 Å². The lowest BCUT2D eigenvalue weighted by Gasteiger charge is -2.24. The number of carbonyl (C=O) groups is 1. The van der Waals surface area contributed by atoms with Gasteiger partial charge in [-0.15, -0.1) is 0 Å². The van der Waals surface area contributed by atoms with Crippen molar-refractivity contribution in [3.8, 4) is 0 Å². The molecule has 1 aliphatic rings.